The number of carbonyl (C=O) groups is 2. The third-order valence-electron chi connectivity index (χ3n) is 5.42. The topological polar surface area (TPSA) is 129 Å². The lowest BCUT2D eigenvalue weighted by molar-refractivity contribution is -0.125. The Morgan fingerprint density at radius 3 is 2.47 bits per heavy atom. The second-order valence-corrected chi connectivity index (χ2v) is 8.16. The van der Waals surface area contributed by atoms with Crippen molar-refractivity contribution >= 4 is 17.6 Å². The number of nitrogen functional groups attached to an aromatic ring is 1. The third kappa shape index (κ3) is 5.68. The van der Waals surface area contributed by atoms with Crippen LogP contribution in [0, 0.1) is 11.8 Å². The lowest BCUT2D eigenvalue weighted by Gasteiger charge is -2.15. The molecule has 1 unspecified atom stereocenters. The van der Waals surface area contributed by atoms with Crippen molar-refractivity contribution in [2.75, 3.05) is 53.7 Å². The summed E-state index contributed by atoms with van der Waals surface area (Å²) >= 11 is 0. The molecule has 1 aromatic heterocycles. The Bertz CT molecular complexity index is 1140. The van der Waals surface area contributed by atoms with E-state index in [9.17, 15) is 9.59 Å². The van der Waals surface area contributed by atoms with Gasteiger partial charge in [0.1, 0.15) is 22.9 Å². The monoisotopic (exact) mass is 466 g/mol. The molecule has 0 aliphatic carbocycles. The molecule has 10 heteroatoms. The molecule has 1 aromatic carbocycles. The molecule has 2 heterocycles. The number of amides is 2. The number of anilines is 1. The minimum absolute atomic E-state index is 0.0676. The lowest BCUT2D eigenvalue weighted by Crippen LogP contribution is -2.28. The second-order valence-electron chi connectivity index (χ2n) is 8.16. The largest absolute Gasteiger partial charge is 0.497 e. The zero-order valence-corrected chi connectivity index (χ0v) is 19.9. The Hall–Kier alpha value is -3.97. The molecule has 1 atom stereocenters. The molecule has 0 spiro atoms. The first-order valence-corrected chi connectivity index (χ1v) is 10.8. The van der Waals surface area contributed by atoms with Crippen LogP contribution in [0.15, 0.2) is 30.4 Å². The molecule has 180 valence electrons. The lowest BCUT2D eigenvalue weighted by atomic mass is 10.1. The first kappa shape index (κ1) is 24.7. The van der Waals surface area contributed by atoms with E-state index in [1.165, 1.54) is 0 Å². The number of likely N-dealkylation sites (tertiary alicyclic amines) is 1. The van der Waals surface area contributed by atoms with Crippen molar-refractivity contribution in [1.29, 1.82) is 0 Å². The summed E-state index contributed by atoms with van der Waals surface area (Å²) < 4.78 is 12.1. The molecule has 2 amide bonds. The summed E-state index contributed by atoms with van der Waals surface area (Å²) in [6, 6.07) is 5.03. The van der Waals surface area contributed by atoms with Crippen molar-refractivity contribution < 1.29 is 19.1 Å². The van der Waals surface area contributed by atoms with Crippen molar-refractivity contribution in [2.45, 2.75) is 12.5 Å². The predicted molar refractivity (Wildman–Crippen MR) is 129 cm³/mol. The van der Waals surface area contributed by atoms with Crippen LogP contribution in [0.2, 0.25) is 0 Å². The number of aromatic nitrogens is 2. The number of benzene rings is 1. The number of primary amides is 1. The maximum Gasteiger partial charge on any atom is 0.255 e. The standard InChI is InChI=1S/C24H30N6O4/c1-28(2)10-5-6-21(31)29-11-9-17(15-29)30-23(25)22(24(26)32)20(27-30)8-7-16-12-18(33-3)14-19(13-16)34-4/h5-6,12-14,17H,9-11,15,25H2,1-4H3,(H2,26,32)/b6-5+. The van der Waals surface area contributed by atoms with Gasteiger partial charge < -0.3 is 30.7 Å². The van der Waals surface area contributed by atoms with Crippen LogP contribution in [-0.2, 0) is 4.79 Å². The summed E-state index contributed by atoms with van der Waals surface area (Å²) in [5.74, 6) is 6.39. The van der Waals surface area contributed by atoms with Gasteiger partial charge in [-0.05, 0) is 38.6 Å². The fraction of sp³-hybridized carbons (Fsp3) is 0.375. The maximum atomic E-state index is 12.5. The highest BCUT2D eigenvalue weighted by molar-refractivity contribution is 5.99. The van der Waals surface area contributed by atoms with Crippen LogP contribution < -0.4 is 20.9 Å². The van der Waals surface area contributed by atoms with Crippen LogP contribution in [0.1, 0.15) is 34.1 Å². The number of methoxy groups -OCH3 is 2. The molecule has 1 saturated heterocycles. The molecule has 0 saturated carbocycles. The summed E-state index contributed by atoms with van der Waals surface area (Å²) in [5, 5.41) is 4.48. The zero-order chi connectivity index (χ0) is 24.8. The van der Waals surface area contributed by atoms with Crippen molar-refractivity contribution in [2.24, 2.45) is 5.73 Å². The van der Waals surface area contributed by atoms with Gasteiger partial charge in [-0.1, -0.05) is 12.0 Å². The molecule has 10 nitrogen and oxygen atoms in total. The zero-order valence-electron chi connectivity index (χ0n) is 19.9. The Morgan fingerprint density at radius 2 is 1.88 bits per heavy atom. The van der Waals surface area contributed by atoms with Gasteiger partial charge in [-0.2, -0.15) is 5.10 Å². The van der Waals surface area contributed by atoms with Gasteiger partial charge in [0.15, 0.2) is 5.69 Å². The fourth-order valence-electron chi connectivity index (χ4n) is 3.68. The van der Waals surface area contributed by atoms with E-state index in [-0.39, 0.29) is 29.0 Å². The number of ether oxygens (including phenoxy) is 2. The molecule has 4 N–H and O–H groups in total. The van der Waals surface area contributed by atoms with Gasteiger partial charge in [0, 0.05) is 37.3 Å². The van der Waals surface area contributed by atoms with Crippen LogP contribution in [0.4, 0.5) is 5.82 Å². The maximum absolute atomic E-state index is 12.5. The summed E-state index contributed by atoms with van der Waals surface area (Å²) in [5.41, 5.74) is 12.7. The summed E-state index contributed by atoms with van der Waals surface area (Å²) in [4.78, 5) is 28.3. The van der Waals surface area contributed by atoms with E-state index in [1.54, 1.807) is 48.1 Å². The van der Waals surface area contributed by atoms with E-state index in [4.69, 9.17) is 20.9 Å². The summed E-state index contributed by atoms with van der Waals surface area (Å²) in [6.07, 6.45) is 4.05. The highest BCUT2D eigenvalue weighted by atomic mass is 16.5. The van der Waals surface area contributed by atoms with Gasteiger partial charge in [0.25, 0.3) is 5.91 Å². The molecule has 0 radical (unpaired) electrons. The van der Waals surface area contributed by atoms with E-state index in [0.717, 1.165) is 0 Å². The van der Waals surface area contributed by atoms with E-state index in [0.29, 0.717) is 43.1 Å². The van der Waals surface area contributed by atoms with Gasteiger partial charge in [0.05, 0.1) is 20.3 Å². The van der Waals surface area contributed by atoms with Crippen molar-refractivity contribution in [1.82, 2.24) is 19.6 Å². The first-order chi connectivity index (χ1) is 16.2. The SMILES string of the molecule is COc1cc(C#Cc2nn(C3CCN(C(=O)/C=C/CN(C)C)C3)c(N)c2C(N)=O)cc(OC)c1. The molecule has 1 aliphatic rings. The molecule has 1 aliphatic heterocycles. The highest BCUT2D eigenvalue weighted by Gasteiger charge is 2.30. The first-order valence-electron chi connectivity index (χ1n) is 10.8. The fourth-order valence-corrected chi connectivity index (χ4v) is 3.68. The average molecular weight is 467 g/mol. The quantitative estimate of drug-likeness (QED) is 0.458. The van der Waals surface area contributed by atoms with Gasteiger partial charge in [0.2, 0.25) is 5.91 Å². The molecule has 1 fully saturated rings. The molecule has 0 bridgehead atoms. The number of rotatable bonds is 7. The summed E-state index contributed by atoms with van der Waals surface area (Å²) in [6.45, 7) is 1.67. The van der Waals surface area contributed by atoms with Gasteiger partial charge in [-0.15, -0.1) is 0 Å². The normalized spacial score (nSPS) is 15.4. The van der Waals surface area contributed by atoms with Crippen molar-refractivity contribution in [3.05, 3.63) is 47.2 Å². The Kier molecular flexibility index (Phi) is 7.81. The van der Waals surface area contributed by atoms with Crippen LogP contribution in [0.3, 0.4) is 0 Å². The van der Waals surface area contributed by atoms with Crippen molar-refractivity contribution in [3.8, 4) is 23.3 Å². The Labute approximate surface area is 199 Å². The number of nitrogens with zero attached hydrogens (tertiary/aromatic N) is 4. The molecule has 3 rings (SSSR count). The molecule has 34 heavy (non-hydrogen) atoms. The van der Waals surface area contributed by atoms with E-state index in [1.807, 2.05) is 25.1 Å². The second kappa shape index (κ2) is 10.8. The minimum Gasteiger partial charge on any atom is -0.497 e. The van der Waals surface area contributed by atoms with Gasteiger partial charge >= 0.3 is 0 Å². The molecular formula is C24H30N6O4. The molecular weight excluding hydrogens is 436 g/mol. The van der Waals surface area contributed by atoms with E-state index < -0.39 is 5.91 Å². The van der Waals surface area contributed by atoms with Gasteiger partial charge in [-0.3, -0.25) is 9.59 Å². The molecule has 2 aromatic rings. The Morgan fingerprint density at radius 1 is 1.21 bits per heavy atom. The van der Waals surface area contributed by atoms with Crippen LogP contribution >= 0.6 is 0 Å². The number of nitrogens with two attached hydrogens (primary N) is 2. The van der Waals surface area contributed by atoms with Crippen molar-refractivity contribution in [3.63, 3.8) is 0 Å². The highest BCUT2D eigenvalue weighted by Crippen LogP contribution is 2.27. The number of likely N-dealkylation sites (N-methyl/N-ethyl adjacent to an activating group) is 1. The minimum atomic E-state index is -0.714. The predicted octanol–water partition coefficient (Wildman–Crippen LogP) is 0.872. The van der Waals surface area contributed by atoms with Crippen LogP contribution in [0.25, 0.3) is 0 Å². The third-order valence-corrected chi connectivity index (χ3v) is 5.42. The number of hydrogen-bond donors (Lipinski definition) is 2. The number of carbonyl (C=O) groups excluding carboxylic acids is 2. The van der Waals surface area contributed by atoms with Crippen LogP contribution in [0.5, 0.6) is 11.5 Å². The van der Waals surface area contributed by atoms with E-state index >= 15 is 0 Å². The summed E-state index contributed by atoms with van der Waals surface area (Å²) in [7, 11) is 6.96. The van der Waals surface area contributed by atoms with Crippen LogP contribution in [-0.4, -0.2) is 79.3 Å². The number of hydrogen-bond acceptors (Lipinski definition) is 7. The average Bonchev–Trinajstić information content (AvgIpc) is 3.41. The smallest absolute Gasteiger partial charge is 0.255 e. The van der Waals surface area contributed by atoms with E-state index in [2.05, 4.69) is 16.9 Å². The Balaban J connectivity index is 1.85. The van der Waals surface area contributed by atoms with Gasteiger partial charge in [-0.25, -0.2) is 4.68 Å².